The second-order valence-electron chi connectivity index (χ2n) is 6.68. The minimum Gasteiger partial charge on any atom is -0.356 e. The molecule has 1 aromatic carbocycles. The van der Waals surface area contributed by atoms with Gasteiger partial charge < -0.3 is 15.5 Å². The number of benzene rings is 1. The Labute approximate surface area is 188 Å². The molecule has 0 saturated carbocycles. The zero-order chi connectivity index (χ0) is 19.6. The maximum absolute atomic E-state index is 12.9. The van der Waals surface area contributed by atoms with Crippen molar-refractivity contribution in [2.24, 2.45) is 4.99 Å². The SMILES string of the molecule is CN=C(NCCc1ccc(F)cc1)NCCN1CCN(c2ncccn2)CC1.I. The van der Waals surface area contributed by atoms with Crippen LogP contribution in [0.2, 0.25) is 0 Å². The smallest absolute Gasteiger partial charge is 0.225 e. The van der Waals surface area contributed by atoms with Gasteiger partial charge in [-0.05, 0) is 30.2 Å². The van der Waals surface area contributed by atoms with Gasteiger partial charge in [-0.25, -0.2) is 14.4 Å². The second kappa shape index (κ2) is 12.5. The normalized spacial score (nSPS) is 15.0. The maximum Gasteiger partial charge on any atom is 0.225 e. The highest BCUT2D eigenvalue weighted by molar-refractivity contribution is 14.0. The third-order valence-electron chi connectivity index (χ3n) is 4.77. The van der Waals surface area contributed by atoms with Crippen LogP contribution >= 0.6 is 24.0 Å². The summed E-state index contributed by atoms with van der Waals surface area (Å²) >= 11 is 0. The molecule has 29 heavy (non-hydrogen) atoms. The number of aromatic nitrogens is 2. The zero-order valence-corrected chi connectivity index (χ0v) is 19.1. The first-order valence-corrected chi connectivity index (χ1v) is 9.68. The Kier molecular flexibility index (Phi) is 10.1. The molecule has 3 rings (SSSR count). The zero-order valence-electron chi connectivity index (χ0n) is 16.7. The summed E-state index contributed by atoms with van der Waals surface area (Å²) < 4.78 is 12.9. The Morgan fingerprint density at radius 3 is 2.34 bits per heavy atom. The number of nitrogens with zero attached hydrogens (tertiary/aromatic N) is 5. The molecule has 0 atom stereocenters. The van der Waals surface area contributed by atoms with Gasteiger partial charge in [0.25, 0.3) is 0 Å². The molecule has 1 aliphatic heterocycles. The predicted octanol–water partition coefficient (Wildman–Crippen LogP) is 1.76. The minimum atomic E-state index is -0.202. The number of guanidine groups is 1. The molecule has 1 aromatic heterocycles. The quantitative estimate of drug-likeness (QED) is 0.334. The fraction of sp³-hybridized carbons (Fsp3) is 0.450. The lowest BCUT2D eigenvalue weighted by Gasteiger charge is -2.34. The number of nitrogens with one attached hydrogen (secondary N) is 2. The third-order valence-corrected chi connectivity index (χ3v) is 4.77. The van der Waals surface area contributed by atoms with Gasteiger partial charge in [-0.15, -0.1) is 24.0 Å². The van der Waals surface area contributed by atoms with E-state index >= 15 is 0 Å². The molecule has 7 nitrogen and oxygen atoms in total. The molecule has 158 valence electrons. The number of hydrogen-bond acceptors (Lipinski definition) is 5. The van der Waals surface area contributed by atoms with Gasteiger partial charge >= 0.3 is 0 Å². The van der Waals surface area contributed by atoms with Gasteiger partial charge in [0.05, 0.1) is 0 Å². The third kappa shape index (κ3) is 7.73. The fourth-order valence-electron chi connectivity index (χ4n) is 3.16. The molecule has 0 bridgehead atoms. The molecule has 2 aromatic rings. The lowest BCUT2D eigenvalue weighted by atomic mass is 10.1. The molecule has 0 spiro atoms. The van der Waals surface area contributed by atoms with E-state index in [9.17, 15) is 4.39 Å². The summed E-state index contributed by atoms with van der Waals surface area (Å²) in [7, 11) is 1.77. The van der Waals surface area contributed by atoms with Crippen LogP contribution in [0.25, 0.3) is 0 Å². The van der Waals surface area contributed by atoms with Crippen LogP contribution in [0, 0.1) is 5.82 Å². The molecule has 0 aliphatic carbocycles. The van der Waals surface area contributed by atoms with Crippen molar-refractivity contribution in [3.63, 3.8) is 0 Å². The molecule has 1 saturated heterocycles. The Morgan fingerprint density at radius 2 is 1.69 bits per heavy atom. The number of anilines is 1. The van der Waals surface area contributed by atoms with Gasteiger partial charge in [0.1, 0.15) is 5.82 Å². The first kappa shape index (κ1) is 23.3. The van der Waals surface area contributed by atoms with Crippen LogP contribution in [0.5, 0.6) is 0 Å². The first-order chi connectivity index (χ1) is 13.7. The van der Waals surface area contributed by atoms with E-state index in [0.29, 0.717) is 0 Å². The maximum atomic E-state index is 12.9. The van der Waals surface area contributed by atoms with E-state index in [1.54, 1.807) is 19.4 Å². The lowest BCUT2D eigenvalue weighted by Crippen LogP contribution is -2.49. The van der Waals surface area contributed by atoms with Crippen LogP contribution < -0.4 is 15.5 Å². The fourth-order valence-corrected chi connectivity index (χ4v) is 3.16. The van der Waals surface area contributed by atoms with Gasteiger partial charge in [-0.2, -0.15) is 0 Å². The van der Waals surface area contributed by atoms with E-state index in [2.05, 4.69) is 35.4 Å². The largest absolute Gasteiger partial charge is 0.356 e. The van der Waals surface area contributed by atoms with E-state index in [4.69, 9.17) is 0 Å². The second-order valence-corrected chi connectivity index (χ2v) is 6.68. The molecule has 1 aliphatic rings. The summed E-state index contributed by atoms with van der Waals surface area (Å²) in [6.07, 6.45) is 4.39. The average Bonchev–Trinajstić information content (AvgIpc) is 2.75. The predicted molar refractivity (Wildman–Crippen MR) is 126 cm³/mol. The van der Waals surface area contributed by atoms with Crippen molar-refractivity contribution in [2.45, 2.75) is 6.42 Å². The molecule has 1 fully saturated rings. The Morgan fingerprint density at radius 1 is 1.03 bits per heavy atom. The van der Waals surface area contributed by atoms with Crippen molar-refractivity contribution in [3.8, 4) is 0 Å². The molecule has 0 radical (unpaired) electrons. The summed E-state index contributed by atoms with van der Waals surface area (Å²) in [5, 5.41) is 6.65. The van der Waals surface area contributed by atoms with Crippen molar-refractivity contribution < 1.29 is 4.39 Å². The molecular formula is C20H29FIN7. The van der Waals surface area contributed by atoms with E-state index in [0.717, 1.165) is 69.7 Å². The van der Waals surface area contributed by atoms with Crippen LogP contribution in [0.1, 0.15) is 5.56 Å². The summed E-state index contributed by atoms with van der Waals surface area (Å²) in [5.41, 5.74) is 1.10. The first-order valence-electron chi connectivity index (χ1n) is 9.68. The molecule has 2 N–H and O–H groups in total. The van der Waals surface area contributed by atoms with Crippen molar-refractivity contribution in [2.75, 3.05) is 57.8 Å². The highest BCUT2D eigenvalue weighted by Gasteiger charge is 2.18. The topological polar surface area (TPSA) is 68.7 Å². The van der Waals surface area contributed by atoms with E-state index in [1.165, 1.54) is 12.1 Å². The van der Waals surface area contributed by atoms with Gasteiger partial charge in [-0.1, -0.05) is 12.1 Å². The van der Waals surface area contributed by atoms with E-state index in [-0.39, 0.29) is 29.8 Å². The molecule has 0 unspecified atom stereocenters. The number of halogens is 2. The highest BCUT2D eigenvalue weighted by Crippen LogP contribution is 2.09. The minimum absolute atomic E-state index is 0. The average molecular weight is 513 g/mol. The summed E-state index contributed by atoms with van der Waals surface area (Å²) in [6, 6.07) is 8.45. The number of aliphatic imine (C=N–C) groups is 1. The molecular weight excluding hydrogens is 484 g/mol. The van der Waals surface area contributed by atoms with Crippen molar-refractivity contribution in [1.29, 1.82) is 0 Å². The summed E-state index contributed by atoms with van der Waals surface area (Å²) in [4.78, 5) is 17.5. The van der Waals surface area contributed by atoms with Gasteiger partial charge in [0.15, 0.2) is 5.96 Å². The Hall–Kier alpha value is -2.01. The van der Waals surface area contributed by atoms with Gasteiger partial charge in [-0.3, -0.25) is 9.89 Å². The van der Waals surface area contributed by atoms with Crippen LogP contribution in [0.3, 0.4) is 0 Å². The van der Waals surface area contributed by atoms with Gasteiger partial charge in [0.2, 0.25) is 5.95 Å². The van der Waals surface area contributed by atoms with Crippen LogP contribution in [0.15, 0.2) is 47.7 Å². The summed E-state index contributed by atoms with van der Waals surface area (Å²) in [5.74, 6) is 1.40. The molecule has 9 heteroatoms. The standard InChI is InChI=1S/C20H28FN7.HI/c1-22-19(23-10-7-17-3-5-18(21)6-4-17)24-11-12-27-13-15-28(16-14-27)20-25-8-2-9-26-20;/h2-6,8-9H,7,10-16H2,1H3,(H2,22,23,24);1H. The number of piperazine rings is 1. The van der Waals surface area contributed by atoms with Crippen molar-refractivity contribution >= 4 is 35.9 Å². The number of hydrogen-bond donors (Lipinski definition) is 2. The highest BCUT2D eigenvalue weighted by atomic mass is 127. The van der Waals surface area contributed by atoms with E-state index in [1.807, 2.05) is 18.2 Å². The van der Waals surface area contributed by atoms with Crippen LogP contribution in [-0.2, 0) is 6.42 Å². The monoisotopic (exact) mass is 513 g/mol. The van der Waals surface area contributed by atoms with Crippen molar-refractivity contribution in [1.82, 2.24) is 25.5 Å². The van der Waals surface area contributed by atoms with Crippen molar-refractivity contribution in [3.05, 3.63) is 54.1 Å². The summed E-state index contributed by atoms with van der Waals surface area (Å²) in [6.45, 7) is 6.41. The number of rotatable bonds is 7. The lowest BCUT2D eigenvalue weighted by molar-refractivity contribution is 0.260. The van der Waals surface area contributed by atoms with Gasteiger partial charge in [0, 0.05) is 65.3 Å². The van der Waals surface area contributed by atoms with E-state index < -0.39 is 0 Å². The molecule has 2 heterocycles. The molecule has 0 amide bonds. The van der Waals surface area contributed by atoms with Crippen LogP contribution in [0.4, 0.5) is 10.3 Å². The van der Waals surface area contributed by atoms with Crippen LogP contribution in [-0.4, -0.2) is 73.7 Å². The Balaban J connectivity index is 0.00000300. The Bertz CT molecular complexity index is 734.